The molecular weight excluding hydrogens is 288 g/mol. The van der Waals surface area contributed by atoms with Gasteiger partial charge in [-0.2, -0.15) is 0 Å². The molecule has 0 bridgehead atoms. The van der Waals surface area contributed by atoms with E-state index in [-0.39, 0.29) is 0 Å². The van der Waals surface area contributed by atoms with Crippen LogP contribution in [0.3, 0.4) is 0 Å². The Morgan fingerprint density at radius 2 is 1.77 bits per heavy atom. The Bertz CT molecular complexity index is 919. The molecule has 0 unspecified atom stereocenters. The molecule has 0 atom stereocenters. The minimum atomic E-state index is 0.896. The number of aromatic amines is 1. The highest BCUT2D eigenvalue weighted by Gasteiger charge is 2.13. The first-order chi connectivity index (χ1) is 10.8. The quantitative estimate of drug-likeness (QED) is 0.554. The van der Waals surface area contributed by atoms with Gasteiger partial charge in [0.2, 0.25) is 0 Å². The molecule has 2 aromatic carbocycles. The average Bonchev–Trinajstić information content (AvgIpc) is 3.11. The molecule has 0 aliphatic carbocycles. The number of thiazole rings is 1. The number of benzene rings is 2. The summed E-state index contributed by atoms with van der Waals surface area (Å²) in [4.78, 5) is 8.31. The normalized spacial score (nSPS) is 11.1. The Morgan fingerprint density at radius 1 is 1.00 bits per heavy atom. The van der Waals surface area contributed by atoms with Gasteiger partial charge in [-0.05, 0) is 18.6 Å². The molecule has 4 rings (SSSR count). The fraction of sp³-hybridized carbons (Fsp3) is 0.105. The highest BCUT2D eigenvalue weighted by molar-refractivity contribution is 7.10. The predicted octanol–water partition coefficient (Wildman–Crippen LogP) is 5.19. The lowest BCUT2D eigenvalue weighted by atomic mass is 10.1. The van der Waals surface area contributed by atoms with E-state index in [4.69, 9.17) is 4.98 Å². The topological polar surface area (TPSA) is 28.7 Å². The molecular formula is C19H16N2S. The van der Waals surface area contributed by atoms with E-state index in [0.717, 1.165) is 17.1 Å². The van der Waals surface area contributed by atoms with Crippen molar-refractivity contribution in [2.45, 2.75) is 13.3 Å². The van der Waals surface area contributed by atoms with Gasteiger partial charge in [0.25, 0.3) is 0 Å². The van der Waals surface area contributed by atoms with Crippen molar-refractivity contribution in [2.75, 3.05) is 0 Å². The van der Waals surface area contributed by atoms with Crippen molar-refractivity contribution in [1.82, 2.24) is 9.97 Å². The number of fused-ring (bicyclic) bond motifs is 1. The van der Waals surface area contributed by atoms with E-state index in [0.29, 0.717) is 0 Å². The van der Waals surface area contributed by atoms with Crippen LogP contribution in [0.2, 0.25) is 0 Å². The number of hydrogen-bond donors (Lipinski definition) is 1. The first kappa shape index (κ1) is 13.3. The van der Waals surface area contributed by atoms with Crippen LogP contribution in [-0.2, 0) is 6.42 Å². The van der Waals surface area contributed by atoms with Gasteiger partial charge >= 0.3 is 0 Å². The van der Waals surface area contributed by atoms with Gasteiger partial charge in [-0.1, -0.05) is 48.5 Å². The zero-order chi connectivity index (χ0) is 14.9. The van der Waals surface area contributed by atoms with Crippen molar-refractivity contribution in [2.24, 2.45) is 0 Å². The highest BCUT2D eigenvalue weighted by atomic mass is 32.1. The summed E-state index contributed by atoms with van der Waals surface area (Å²) in [5, 5.41) is 4.57. The molecule has 4 aromatic rings. The van der Waals surface area contributed by atoms with Crippen molar-refractivity contribution in [3.05, 3.63) is 76.2 Å². The van der Waals surface area contributed by atoms with Crippen molar-refractivity contribution in [3.8, 4) is 11.3 Å². The average molecular weight is 304 g/mol. The number of H-pyrrole nitrogens is 1. The predicted molar refractivity (Wildman–Crippen MR) is 93.4 cm³/mol. The lowest BCUT2D eigenvalue weighted by Crippen LogP contribution is -1.87. The lowest BCUT2D eigenvalue weighted by Gasteiger charge is -1.98. The monoisotopic (exact) mass is 304 g/mol. The zero-order valence-corrected chi connectivity index (χ0v) is 13.2. The molecule has 0 fully saturated rings. The largest absolute Gasteiger partial charge is 0.358 e. The SMILES string of the molecule is Cc1[nH]c2ccccc2c1-c1csc(Cc2ccccc2)n1. The molecule has 0 spiro atoms. The van der Waals surface area contributed by atoms with Crippen molar-refractivity contribution < 1.29 is 0 Å². The maximum Gasteiger partial charge on any atom is 0.0976 e. The van der Waals surface area contributed by atoms with Crippen LogP contribution in [0.25, 0.3) is 22.2 Å². The number of hydrogen-bond acceptors (Lipinski definition) is 2. The fourth-order valence-corrected chi connectivity index (χ4v) is 3.70. The summed E-state index contributed by atoms with van der Waals surface area (Å²) in [6, 6.07) is 18.9. The summed E-state index contributed by atoms with van der Waals surface area (Å²) in [5.41, 5.74) is 5.96. The van der Waals surface area contributed by atoms with Gasteiger partial charge in [-0.15, -0.1) is 11.3 Å². The molecule has 2 aromatic heterocycles. The second kappa shape index (κ2) is 5.43. The number of aromatic nitrogens is 2. The van der Waals surface area contributed by atoms with E-state index >= 15 is 0 Å². The third-order valence-corrected chi connectivity index (χ3v) is 4.75. The zero-order valence-electron chi connectivity index (χ0n) is 12.3. The van der Waals surface area contributed by atoms with Gasteiger partial charge in [0.1, 0.15) is 0 Å². The fourth-order valence-electron chi connectivity index (χ4n) is 2.88. The molecule has 2 heterocycles. The van der Waals surface area contributed by atoms with E-state index in [9.17, 15) is 0 Å². The van der Waals surface area contributed by atoms with E-state index in [1.165, 1.54) is 27.7 Å². The van der Waals surface area contributed by atoms with Gasteiger partial charge in [0.05, 0.1) is 10.7 Å². The molecule has 0 saturated heterocycles. The van der Waals surface area contributed by atoms with Crippen LogP contribution in [0, 0.1) is 6.92 Å². The van der Waals surface area contributed by atoms with Crippen molar-refractivity contribution in [3.63, 3.8) is 0 Å². The molecule has 0 amide bonds. The van der Waals surface area contributed by atoms with E-state index in [2.05, 4.69) is 65.8 Å². The molecule has 2 nitrogen and oxygen atoms in total. The van der Waals surface area contributed by atoms with Crippen LogP contribution in [0.5, 0.6) is 0 Å². The number of nitrogens with one attached hydrogen (secondary N) is 1. The van der Waals surface area contributed by atoms with Crippen molar-refractivity contribution in [1.29, 1.82) is 0 Å². The molecule has 0 aliphatic heterocycles. The summed E-state index contributed by atoms with van der Waals surface area (Å²) < 4.78 is 0. The van der Waals surface area contributed by atoms with Gasteiger partial charge in [-0.25, -0.2) is 4.98 Å². The van der Waals surface area contributed by atoms with Gasteiger partial charge in [-0.3, -0.25) is 0 Å². The maximum atomic E-state index is 4.86. The third kappa shape index (κ3) is 2.34. The lowest BCUT2D eigenvalue weighted by molar-refractivity contribution is 1.14. The smallest absolute Gasteiger partial charge is 0.0976 e. The van der Waals surface area contributed by atoms with E-state index in [1.807, 2.05) is 6.07 Å². The minimum absolute atomic E-state index is 0.896. The Morgan fingerprint density at radius 3 is 2.64 bits per heavy atom. The van der Waals surface area contributed by atoms with Crippen LogP contribution >= 0.6 is 11.3 Å². The number of nitrogens with zero attached hydrogens (tertiary/aromatic N) is 1. The second-order valence-electron chi connectivity index (χ2n) is 5.46. The summed E-state index contributed by atoms with van der Waals surface area (Å²) >= 11 is 1.73. The van der Waals surface area contributed by atoms with E-state index in [1.54, 1.807) is 11.3 Å². The molecule has 0 radical (unpaired) electrons. The van der Waals surface area contributed by atoms with Crippen molar-refractivity contribution >= 4 is 22.2 Å². The van der Waals surface area contributed by atoms with Gasteiger partial charge in [0.15, 0.2) is 0 Å². The Kier molecular flexibility index (Phi) is 3.28. The Balaban J connectivity index is 1.73. The number of para-hydroxylation sites is 1. The first-order valence-corrected chi connectivity index (χ1v) is 8.25. The van der Waals surface area contributed by atoms with Gasteiger partial charge in [0, 0.05) is 34.0 Å². The summed E-state index contributed by atoms with van der Waals surface area (Å²) in [5.74, 6) is 0. The Hall–Kier alpha value is -2.39. The molecule has 0 aliphatic rings. The van der Waals surface area contributed by atoms with E-state index < -0.39 is 0 Å². The highest BCUT2D eigenvalue weighted by Crippen LogP contribution is 2.33. The Labute approximate surface area is 133 Å². The standard InChI is InChI=1S/C19H16N2S/c1-13-19(15-9-5-6-10-16(15)20-13)17-12-22-18(21-17)11-14-7-3-2-4-8-14/h2-10,12,20H,11H2,1H3. The third-order valence-electron chi connectivity index (χ3n) is 3.90. The molecule has 0 saturated carbocycles. The summed E-state index contributed by atoms with van der Waals surface area (Å²) in [7, 11) is 0. The van der Waals surface area contributed by atoms with Gasteiger partial charge < -0.3 is 4.98 Å². The molecule has 3 heteroatoms. The van der Waals surface area contributed by atoms with Crippen LogP contribution in [0.15, 0.2) is 60.0 Å². The second-order valence-corrected chi connectivity index (χ2v) is 6.40. The van der Waals surface area contributed by atoms with Crippen LogP contribution in [-0.4, -0.2) is 9.97 Å². The number of aryl methyl sites for hydroxylation is 1. The summed E-state index contributed by atoms with van der Waals surface area (Å²) in [6.45, 7) is 2.12. The van der Waals surface area contributed by atoms with Crippen LogP contribution in [0.4, 0.5) is 0 Å². The molecule has 22 heavy (non-hydrogen) atoms. The van der Waals surface area contributed by atoms with Crippen LogP contribution in [0.1, 0.15) is 16.3 Å². The maximum absolute atomic E-state index is 4.86. The minimum Gasteiger partial charge on any atom is -0.358 e. The molecule has 108 valence electrons. The first-order valence-electron chi connectivity index (χ1n) is 7.37. The van der Waals surface area contributed by atoms with Crippen LogP contribution < -0.4 is 0 Å². The number of rotatable bonds is 3. The molecule has 1 N–H and O–H groups in total. The summed E-state index contributed by atoms with van der Waals surface area (Å²) in [6.07, 6.45) is 0.896.